The lowest BCUT2D eigenvalue weighted by atomic mass is 9.90. The minimum atomic E-state index is -1.06. The van der Waals surface area contributed by atoms with E-state index in [-0.39, 0.29) is 5.91 Å². The number of nitrogens with zero attached hydrogens (tertiary/aromatic N) is 1. The molecule has 0 unspecified atom stereocenters. The molecule has 1 fully saturated rings. The third-order valence-electron chi connectivity index (χ3n) is 5.24. The highest BCUT2D eigenvalue weighted by molar-refractivity contribution is 6.07. The van der Waals surface area contributed by atoms with Crippen molar-refractivity contribution < 1.29 is 14.7 Å². The first-order valence-electron chi connectivity index (χ1n) is 10.0. The van der Waals surface area contributed by atoms with E-state index in [1.807, 2.05) is 45.0 Å². The Labute approximate surface area is 171 Å². The minimum absolute atomic E-state index is 0.256. The molecule has 0 radical (unpaired) electrons. The van der Waals surface area contributed by atoms with Gasteiger partial charge in [-0.05, 0) is 82.4 Å². The standard InChI is InChI=1S/C23H29N3O3/c1-23(2,3)26(22(28)29)20-7-5-4-6-19(20)25-21(27)18-10-8-16(9-11-18)17-12-14-24-15-13-17/h4-11,17,24H,12-15H2,1-3H3,(H,25,27)(H,28,29). The van der Waals surface area contributed by atoms with Crippen LogP contribution in [0, 0.1) is 0 Å². The number of rotatable bonds is 4. The second kappa shape index (κ2) is 8.66. The van der Waals surface area contributed by atoms with Crippen LogP contribution in [0.4, 0.5) is 16.2 Å². The maximum atomic E-state index is 12.8. The molecule has 0 spiro atoms. The van der Waals surface area contributed by atoms with Crippen molar-refractivity contribution >= 4 is 23.4 Å². The van der Waals surface area contributed by atoms with Crippen molar-refractivity contribution in [3.05, 3.63) is 59.7 Å². The first-order valence-corrected chi connectivity index (χ1v) is 10.0. The summed E-state index contributed by atoms with van der Waals surface area (Å²) in [7, 11) is 0. The average molecular weight is 396 g/mol. The molecule has 3 N–H and O–H groups in total. The molecule has 3 rings (SSSR count). The first kappa shape index (κ1) is 20.9. The van der Waals surface area contributed by atoms with E-state index in [1.54, 1.807) is 24.3 Å². The molecule has 1 saturated heterocycles. The number of piperidine rings is 1. The predicted octanol–water partition coefficient (Wildman–Crippen LogP) is 4.69. The van der Waals surface area contributed by atoms with Gasteiger partial charge in [-0.15, -0.1) is 0 Å². The van der Waals surface area contributed by atoms with Crippen LogP contribution in [0.3, 0.4) is 0 Å². The number of nitrogens with one attached hydrogen (secondary N) is 2. The number of benzene rings is 2. The lowest BCUT2D eigenvalue weighted by molar-refractivity contribution is 0.102. The fourth-order valence-electron chi connectivity index (χ4n) is 3.78. The molecule has 1 heterocycles. The van der Waals surface area contributed by atoms with Crippen molar-refractivity contribution in [1.82, 2.24) is 5.32 Å². The highest BCUT2D eigenvalue weighted by Gasteiger charge is 2.30. The van der Waals surface area contributed by atoms with Gasteiger partial charge in [-0.3, -0.25) is 9.69 Å². The van der Waals surface area contributed by atoms with Crippen molar-refractivity contribution in [2.24, 2.45) is 0 Å². The topological polar surface area (TPSA) is 81.7 Å². The largest absolute Gasteiger partial charge is 0.465 e. The molecular formula is C23H29N3O3. The molecule has 1 aliphatic rings. The van der Waals surface area contributed by atoms with Gasteiger partial charge in [-0.25, -0.2) is 4.79 Å². The zero-order valence-electron chi connectivity index (χ0n) is 17.2. The van der Waals surface area contributed by atoms with Crippen LogP contribution < -0.4 is 15.5 Å². The zero-order valence-corrected chi connectivity index (χ0v) is 17.2. The third kappa shape index (κ3) is 4.95. The molecule has 0 aliphatic carbocycles. The number of amides is 2. The molecule has 154 valence electrons. The van der Waals surface area contributed by atoms with Crippen LogP contribution in [0.1, 0.15) is 55.5 Å². The van der Waals surface area contributed by atoms with E-state index in [1.165, 1.54) is 10.5 Å². The summed E-state index contributed by atoms with van der Waals surface area (Å²) in [5.74, 6) is 0.276. The molecule has 1 aliphatic heterocycles. The van der Waals surface area contributed by atoms with E-state index < -0.39 is 11.6 Å². The normalized spacial score (nSPS) is 15.0. The lowest BCUT2D eigenvalue weighted by Gasteiger charge is -2.34. The molecule has 0 saturated carbocycles. The summed E-state index contributed by atoms with van der Waals surface area (Å²) in [5, 5.41) is 15.9. The second-order valence-electron chi connectivity index (χ2n) is 8.41. The van der Waals surface area contributed by atoms with Crippen molar-refractivity contribution in [2.45, 2.75) is 45.1 Å². The van der Waals surface area contributed by atoms with E-state index in [9.17, 15) is 14.7 Å². The molecule has 6 heteroatoms. The molecular weight excluding hydrogens is 366 g/mol. The number of para-hydroxylation sites is 2. The Morgan fingerprint density at radius 1 is 1.03 bits per heavy atom. The van der Waals surface area contributed by atoms with Gasteiger partial charge >= 0.3 is 6.09 Å². The number of carbonyl (C=O) groups excluding carboxylic acids is 1. The summed E-state index contributed by atoms with van der Waals surface area (Å²) in [6.45, 7) is 7.51. The Kier molecular flexibility index (Phi) is 6.23. The van der Waals surface area contributed by atoms with Gasteiger partial charge in [0.25, 0.3) is 5.91 Å². The van der Waals surface area contributed by atoms with Crippen LogP contribution in [0.5, 0.6) is 0 Å². The summed E-state index contributed by atoms with van der Waals surface area (Å²) < 4.78 is 0. The van der Waals surface area contributed by atoms with E-state index in [0.29, 0.717) is 22.9 Å². The molecule has 2 aromatic rings. The van der Waals surface area contributed by atoms with E-state index in [2.05, 4.69) is 10.6 Å². The molecule has 0 aromatic heterocycles. The Bertz CT molecular complexity index is 866. The Hall–Kier alpha value is -2.86. The van der Waals surface area contributed by atoms with Gasteiger partial charge in [-0.2, -0.15) is 0 Å². The van der Waals surface area contributed by atoms with E-state index in [0.717, 1.165) is 25.9 Å². The lowest BCUT2D eigenvalue weighted by Crippen LogP contribution is -2.45. The predicted molar refractivity (Wildman–Crippen MR) is 116 cm³/mol. The number of carbonyl (C=O) groups is 2. The van der Waals surface area contributed by atoms with Gasteiger partial charge in [0.15, 0.2) is 0 Å². The van der Waals surface area contributed by atoms with Gasteiger partial charge in [0.1, 0.15) is 0 Å². The van der Waals surface area contributed by atoms with E-state index in [4.69, 9.17) is 0 Å². The number of carboxylic acid groups (broad SMARTS) is 1. The number of hydrogen-bond acceptors (Lipinski definition) is 3. The maximum Gasteiger partial charge on any atom is 0.412 e. The van der Waals surface area contributed by atoms with Gasteiger partial charge in [0.05, 0.1) is 11.4 Å². The van der Waals surface area contributed by atoms with Crippen molar-refractivity contribution in [3.63, 3.8) is 0 Å². The third-order valence-corrected chi connectivity index (χ3v) is 5.24. The summed E-state index contributed by atoms with van der Waals surface area (Å²) >= 11 is 0. The van der Waals surface area contributed by atoms with Crippen molar-refractivity contribution in [1.29, 1.82) is 0 Å². The Morgan fingerprint density at radius 2 is 1.66 bits per heavy atom. The van der Waals surface area contributed by atoms with Gasteiger partial charge < -0.3 is 15.7 Å². The second-order valence-corrected chi connectivity index (χ2v) is 8.41. The molecule has 6 nitrogen and oxygen atoms in total. The smallest absolute Gasteiger partial charge is 0.412 e. The molecule has 0 atom stereocenters. The number of anilines is 2. The molecule has 2 aromatic carbocycles. The summed E-state index contributed by atoms with van der Waals surface area (Å²) in [5.41, 5.74) is 2.08. The first-order chi connectivity index (χ1) is 13.8. The van der Waals surface area contributed by atoms with Crippen LogP contribution >= 0.6 is 0 Å². The van der Waals surface area contributed by atoms with Crippen molar-refractivity contribution in [2.75, 3.05) is 23.3 Å². The molecule has 29 heavy (non-hydrogen) atoms. The van der Waals surface area contributed by atoms with Crippen LogP contribution in [-0.2, 0) is 0 Å². The highest BCUT2D eigenvalue weighted by atomic mass is 16.4. The summed E-state index contributed by atoms with van der Waals surface area (Å²) in [6.07, 6.45) is 1.15. The average Bonchev–Trinajstić information content (AvgIpc) is 2.69. The van der Waals surface area contributed by atoms with Gasteiger partial charge in [0, 0.05) is 11.1 Å². The van der Waals surface area contributed by atoms with Crippen molar-refractivity contribution in [3.8, 4) is 0 Å². The van der Waals surface area contributed by atoms with Crippen LogP contribution in [-0.4, -0.2) is 35.7 Å². The fourth-order valence-corrected chi connectivity index (χ4v) is 3.78. The van der Waals surface area contributed by atoms with Crippen LogP contribution in [0.15, 0.2) is 48.5 Å². The molecule has 2 amide bonds. The van der Waals surface area contributed by atoms with Crippen LogP contribution in [0.25, 0.3) is 0 Å². The minimum Gasteiger partial charge on any atom is -0.465 e. The fraction of sp³-hybridized carbons (Fsp3) is 0.391. The summed E-state index contributed by atoms with van der Waals surface area (Å²) in [6, 6.07) is 14.7. The monoisotopic (exact) mass is 395 g/mol. The summed E-state index contributed by atoms with van der Waals surface area (Å²) in [4.78, 5) is 25.9. The maximum absolute atomic E-state index is 12.8. The SMILES string of the molecule is CC(C)(C)N(C(=O)O)c1ccccc1NC(=O)c1ccc(C2CCNCC2)cc1. The number of hydrogen-bond donors (Lipinski definition) is 3. The highest BCUT2D eigenvalue weighted by Crippen LogP contribution is 2.32. The van der Waals surface area contributed by atoms with E-state index >= 15 is 0 Å². The zero-order chi connectivity index (χ0) is 21.0. The Balaban J connectivity index is 1.80. The molecule has 0 bridgehead atoms. The quantitative estimate of drug-likeness (QED) is 0.701. The van der Waals surface area contributed by atoms with Gasteiger partial charge in [0.2, 0.25) is 0 Å². The van der Waals surface area contributed by atoms with Crippen LogP contribution in [0.2, 0.25) is 0 Å². The van der Waals surface area contributed by atoms with Gasteiger partial charge in [-0.1, -0.05) is 24.3 Å². The Morgan fingerprint density at radius 3 is 2.24 bits per heavy atom.